The highest BCUT2D eigenvalue weighted by Crippen LogP contribution is 2.39. The zero-order chi connectivity index (χ0) is 19.2. The number of hydrogen-bond acceptors (Lipinski definition) is 4. The fourth-order valence-electron chi connectivity index (χ4n) is 3.43. The largest absolute Gasteiger partial charge is 0.326 e. The van der Waals surface area contributed by atoms with E-state index in [0.717, 1.165) is 35.9 Å². The lowest BCUT2D eigenvalue weighted by molar-refractivity contribution is -0.116. The molecule has 0 spiro atoms. The number of nitrogens with zero attached hydrogens (tertiary/aromatic N) is 2. The minimum atomic E-state index is 0.121. The van der Waals surface area contributed by atoms with Crippen molar-refractivity contribution in [3.8, 4) is 0 Å². The van der Waals surface area contributed by atoms with Gasteiger partial charge in [0.1, 0.15) is 0 Å². The van der Waals surface area contributed by atoms with Crippen molar-refractivity contribution >= 4 is 33.2 Å². The Bertz CT molecular complexity index is 764. The number of carbonyl (C=O) groups excluding carboxylic acids is 1. The first-order chi connectivity index (χ1) is 13.0. The summed E-state index contributed by atoms with van der Waals surface area (Å²) in [6.45, 7) is 4.16. The molecule has 146 valence electrons. The van der Waals surface area contributed by atoms with Crippen LogP contribution >= 0.6 is 21.6 Å². The third-order valence-corrected chi connectivity index (χ3v) is 8.19. The molecule has 1 atom stereocenters. The standard InChI is InChI=1S/C21H29N3OS2/c1-15-20(16(2)24(3)23-15)14-17-8-10-18(11-9-17)22-21(25)7-5-4-6-19-12-13-26-27-19/h8-11,19H,4-7,12-14H2,1-3H3,(H,22,25)/t19-/m1/s1. The number of hydrogen-bond donors (Lipinski definition) is 1. The van der Waals surface area contributed by atoms with E-state index in [1.165, 1.54) is 35.4 Å². The van der Waals surface area contributed by atoms with Crippen LogP contribution in [-0.4, -0.2) is 26.7 Å². The lowest BCUT2D eigenvalue weighted by Gasteiger charge is -2.08. The Labute approximate surface area is 170 Å². The van der Waals surface area contributed by atoms with Gasteiger partial charge in [0.2, 0.25) is 5.91 Å². The van der Waals surface area contributed by atoms with E-state index in [-0.39, 0.29) is 5.91 Å². The maximum atomic E-state index is 12.1. The summed E-state index contributed by atoms with van der Waals surface area (Å²) in [6.07, 6.45) is 6.18. The number of anilines is 1. The molecule has 0 aliphatic carbocycles. The average Bonchev–Trinajstić information content (AvgIpc) is 3.24. The van der Waals surface area contributed by atoms with Crippen molar-refractivity contribution in [3.63, 3.8) is 0 Å². The Morgan fingerprint density at radius 2 is 2.04 bits per heavy atom. The number of aryl methyl sites for hydroxylation is 2. The zero-order valence-electron chi connectivity index (χ0n) is 16.5. The van der Waals surface area contributed by atoms with Crippen LogP contribution in [0.2, 0.25) is 0 Å². The molecule has 0 saturated carbocycles. The van der Waals surface area contributed by atoms with Crippen molar-refractivity contribution in [2.24, 2.45) is 7.05 Å². The number of amides is 1. The molecule has 27 heavy (non-hydrogen) atoms. The average molecular weight is 404 g/mol. The van der Waals surface area contributed by atoms with Crippen molar-refractivity contribution < 1.29 is 4.79 Å². The molecule has 0 bridgehead atoms. The van der Waals surface area contributed by atoms with Crippen LogP contribution in [0.25, 0.3) is 0 Å². The zero-order valence-corrected chi connectivity index (χ0v) is 18.1. The van der Waals surface area contributed by atoms with Crippen molar-refractivity contribution in [1.82, 2.24) is 9.78 Å². The quantitative estimate of drug-likeness (QED) is 0.481. The fraction of sp³-hybridized carbons (Fsp3) is 0.524. The number of rotatable bonds is 8. The Kier molecular flexibility index (Phi) is 7.30. The van der Waals surface area contributed by atoms with Crippen LogP contribution in [-0.2, 0) is 18.3 Å². The summed E-state index contributed by atoms with van der Waals surface area (Å²) in [7, 11) is 5.99. The van der Waals surface area contributed by atoms with E-state index < -0.39 is 0 Å². The summed E-state index contributed by atoms with van der Waals surface area (Å²) >= 11 is 0. The molecule has 6 heteroatoms. The third kappa shape index (κ3) is 5.79. The molecular weight excluding hydrogens is 374 g/mol. The van der Waals surface area contributed by atoms with E-state index in [4.69, 9.17) is 0 Å². The van der Waals surface area contributed by atoms with E-state index in [1.54, 1.807) is 0 Å². The molecule has 1 aliphatic rings. The van der Waals surface area contributed by atoms with Crippen molar-refractivity contribution in [1.29, 1.82) is 0 Å². The van der Waals surface area contributed by atoms with Gasteiger partial charge in [0.25, 0.3) is 0 Å². The predicted octanol–water partition coefficient (Wildman–Crippen LogP) is 5.28. The molecule has 1 N–H and O–H groups in total. The SMILES string of the molecule is Cc1nn(C)c(C)c1Cc1ccc(NC(=O)CCCC[C@@H]2CCSS2)cc1. The Morgan fingerprint density at radius 3 is 2.67 bits per heavy atom. The molecule has 1 aromatic heterocycles. The number of nitrogens with one attached hydrogen (secondary N) is 1. The Balaban J connectivity index is 1.43. The number of benzene rings is 1. The van der Waals surface area contributed by atoms with Gasteiger partial charge in [0, 0.05) is 47.8 Å². The normalized spacial score (nSPS) is 16.6. The van der Waals surface area contributed by atoms with E-state index in [1.807, 2.05) is 45.5 Å². The Hall–Kier alpha value is -1.40. The maximum absolute atomic E-state index is 12.1. The summed E-state index contributed by atoms with van der Waals surface area (Å²) in [5, 5.41) is 8.31. The monoisotopic (exact) mass is 403 g/mol. The molecule has 1 saturated heterocycles. The van der Waals surface area contributed by atoms with Gasteiger partial charge in [-0.25, -0.2) is 0 Å². The molecule has 3 rings (SSSR count). The molecule has 0 radical (unpaired) electrons. The van der Waals surface area contributed by atoms with Gasteiger partial charge in [-0.3, -0.25) is 9.48 Å². The van der Waals surface area contributed by atoms with E-state index in [0.29, 0.717) is 6.42 Å². The second-order valence-corrected chi connectivity index (χ2v) is 10.1. The molecule has 4 nitrogen and oxygen atoms in total. The first kappa shape index (κ1) is 20.3. The van der Waals surface area contributed by atoms with Crippen LogP contribution < -0.4 is 5.32 Å². The predicted molar refractivity (Wildman–Crippen MR) is 117 cm³/mol. The van der Waals surface area contributed by atoms with Crippen molar-refractivity contribution in [2.75, 3.05) is 11.1 Å². The van der Waals surface area contributed by atoms with Gasteiger partial charge in [-0.2, -0.15) is 5.10 Å². The molecule has 1 aliphatic heterocycles. The van der Waals surface area contributed by atoms with Gasteiger partial charge in [0.05, 0.1) is 5.69 Å². The lowest BCUT2D eigenvalue weighted by atomic mass is 10.0. The smallest absolute Gasteiger partial charge is 0.224 e. The van der Waals surface area contributed by atoms with Crippen LogP contribution in [0.1, 0.15) is 54.6 Å². The van der Waals surface area contributed by atoms with E-state index >= 15 is 0 Å². The molecule has 2 aromatic rings. The molecule has 1 aromatic carbocycles. The van der Waals surface area contributed by atoms with Crippen molar-refractivity contribution in [2.45, 2.75) is 57.6 Å². The van der Waals surface area contributed by atoms with Crippen molar-refractivity contribution in [3.05, 3.63) is 46.8 Å². The van der Waals surface area contributed by atoms with E-state index in [2.05, 4.69) is 36.4 Å². The van der Waals surface area contributed by atoms with Gasteiger partial charge in [0.15, 0.2) is 0 Å². The van der Waals surface area contributed by atoms with Gasteiger partial charge >= 0.3 is 0 Å². The summed E-state index contributed by atoms with van der Waals surface area (Å²) in [5.74, 6) is 1.40. The summed E-state index contributed by atoms with van der Waals surface area (Å²) < 4.78 is 1.93. The van der Waals surface area contributed by atoms with Gasteiger partial charge in [-0.15, -0.1) is 0 Å². The van der Waals surface area contributed by atoms with E-state index in [9.17, 15) is 4.79 Å². The second-order valence-electron chi connectivity index (χ2n) is 7.27. The summed E-state index contributed by atoms with van der Waals surface area (Å²) in [6, 6.07) is 8.19. The highest BCUT2D eigenvalue weighted by atomic mass is 33.1. The van der Waals surface area contributed by atoms with Gasteiger partial charge < -0.3 is 5.32 Å². The molecule has 2 heterocycles. The summed E-state index contributed by atoms with van der Waals surface area (Å²) in [5.41, 5.74) is 5.69. The van der Waals surface area contributed by atoms with Crippen LogP contribution in [0.3, 0.4) is 0 Å². The second kappa shape index (κ2) is 9.69. The topological polar surface area (TPSA) is 46.9 Å². The first-order valence-electron chi connectivity index (χ1n) is 9.69. The Morgan fingerprint density at radius 1 is 1.26 bits per heavy atom. The highest BCUT2D eigenvalue weighted by Gasteiger charge is 2.16. The third-order valence-electron chi connectivity index (χ3n) is 5.18. The first-order valence-corrected chi connectivity index (χ1v) is 12.1. The number of carbonyl (C=O) groups is 1. The molecule has 1 fully saturated rings. The minimum absolute atomic E-state index is 0.121. The van der Waals surface area contributed by atoms with Crippen LogP contribution in [0, 0.1) is 13.8 Å². The fourth-order valence-corrected chi connectivity index (χ4v) is 6.46. The molecule has 0 unspecified atom stereocenters. The van der Waals surface area contributed by atoms with Crippen LogP contribution in [0.5, 0.6) is 0 Å². The number of unbranched alkanes of at least 4 members (excludes halogenated alkanes) is 1. The van der Waals surface area contributed by atoms with Gasteiger partial charge in [-0.1, -0.05) is 40.1 Å². The number of aromatic nitrogens is 2. The van der Waals surface area contributed by atoms with Crippen LogP contribution in [0.4, 0.5) is 5.69 Å². The van der Waals surface area contributed by atoms with Crippen LogP contribution in [0.15, 0.2) is 24.3 Å². The molecule has 1 amide bonds. The molecular formula is C21H29N3OS2. The van der Waals surface area contributed by atoms with Gasteiger partial charge in [-0.05, 0) is 50.8 Å². The maximum Gasteiger partial charge on any atom is 0.224 e. The lowest BCUT2D eigenvalue weighted by Crippen LogP contribution is -2.11. The summed E-state index contributed by atoms with van der Waals surface area (Å²) in [4.78, 5) is 12.1. The highest BCUT2D eigenvalue weighted by molar-refractivity contribution is 8.77. The minimum Gasteiger partial charge on any atom is -0.326 e.